The second-order valence-corrected chi connectivity index (χ2v) is 13.8. The molecule has 4 aliphatic carbocycles. The van der Waals surface area contributed by atoms with E-state index in [1.54, 1.807) is 0 Å². The molecule has 246 valence electrons. The van der Waals surface area contributed by atoms with Gasteiger partial charge >= 0.3 is 0 Å². The molecule has 2 atom stereocenters. The Balaban J connectivity index is 1.22. The quantitative estimate of drug-likeness (QED) is 0.169. The lowest BCUT2D eigenvalue weighted by Crippen LogP contribution is -2.23. The Kier molecular flexibility index (Phi) is 8.39. The highest BCUT2D eigenvalue weighted by molar-refractivity contribution is 6.04. The zero-order chi connectivity index (χ0) is 34.0. The van der Waals surface area contributed by atoms with E-state index in [1.807, 2.05) is 0 Å². The highest BCUT2D eigenvalue weighted by atomic mass is 15.2. The van der Waals surface area contributed by atoms with E-state index in [2.05, 4.69) is 193 Å². The van der Waals surface area contributed by atoms with Crippen LogP contribution in [0.4, 0.5) is 5.69 Å². The molecule has 0 aromatic heterocycles. The first kappa shape index (κ1) is 31.1. The van der Waals surface area contributed by atoms with Crippen LogP contribution in [-0.2, 0) is 0 Å². The molecule has 5 aromatic carbocycles. The smallest absolute Gasteiger partial charge is 0.0464 e. The summed E-state index contributed by atoms with van der Waals surface area (Å²) in [4.78, 5) is 2.54. The molecule has 1 nitrogen and oxygen atoms in total. The van der Waals surface area contributed by atoms with Crippen LogP contribution in [0, 0.1) is 11.8 Å². The molecule has 9 rings (SSSR count). The van der Waals surface area contributed by atoms with Gasteiger partial charge in [-0.05, 0) is 105 Å². The van der Waals surface area contributed by atoms with Crippen LogP contribution in [0.15, 0.2) is 200 Å². The van der Waals surface area contributed by atoms with E-state index in [1.165, 1.54) is 72.4 Å². The molecular formula is C50H41N. The number of anilines is 1. The summed E-state index contributed by atoms with van der Waals surface area (Å²) < 4.78 is 0. The molecule has 0 aliphatic heterocycles. The Morgan fingerprint density at radius 3 is 2.20 bits per heavy atom. The maximum absolute atomic E-state index is 2.54. The fourth-order valence-corrected chi connectivity index (χ4v) is 8.35. The molecule has 0 heterocycles. The molecule has 0 amide bonds. The maximum Gasteiger partial charge on any atom is 0.0464 e. The summed E-state index contributed by atoms with van der Waals surface area (Å²) in [5, 5.41) is 2.60. The third-order valence-electron chi connectivity index (χ3n) is 10.8. The molecule has 1 heteroatoms. The Bertz CT molecular complexity index is 2350. The Hall–Kier alpha value is -5.92. The minimum Gasteiger partial charge on any atom is -0.315 e. The van der Waals surface area contributed by atoms with E-state index in [4.69, 9.17) is 0 Å². The monoisotopic (exact) mass is 655 g/mol. The zero-order valence-electron chi connectivity index (χ0n) is 28.8. The van der Waals surface area contributed by atoms with Crippen molar-refractivity contribution in [3.8, 4) is 11.1 Å². The molecule has 0 spiro atoms. The number of nitrogens with zero attached hydrogens (tertiary/aromatic N) is 1. The lowest BCUT2D eigenvalue weighted by atomic mass is 9.75. The lowest BCUT2D eigenvalue weighted by Gasteiger charge is -2.34. The van der Waals surface area contributed by atoms with Crippen molar-refractivity contribution in [2.45, 2.75) is 25.7 Å². The highest BCUT2D eigenvalue weighted by Crippen LogP contribution is 2.45. The van der Waals surface area contributed by atoms with Crippen molar-refractivity contribution < 1.29 is 0 Å². The molecule has 5 aromatic rings. The van der Waals surface area contributed by atoms with Gasteiger partial charge in [-0.15, -0.1) is 0 Å². The lowest BCUT2D eigenvalue weighted by molar-refractivity contribution is 0.678. The Labute approximate surface area is 302 Å². The van der Waals surface area contributed by atoms with Crippen LogP contribution in [0.5, 0.6) is 0 Å². The third kappa shape index (κ3) is 6.00. The van der Waals surface area contributed by atoms with Crippen molar-refractivity contribution in [2.75, 3.05) is 4.90 Å². The van der Waals surface area contributed by atoms with Gasteiger partial charge in [0.15, 0.2) is 0 Å². The predicted octanol–water partition coefficient (Wildman–Crippen LogP) is 13.1. The predicted molar refractivity (Wildman–Crippen MR) is 218 cm³/mol. The van der Waals surface area contributed by atoms with Crippen LogP contribution in [-0.4, -0.2) is 0 Å². The van der Waals surface area contributed by atoms with Gasteiger partial charge in [-0.25, -0.2) is 0 Å². The molecule has 51 heavy (non-hydrogen) atoms. The van der Waals surface area contributed by atoms with E-state index < -0.39 is 0 Å². The fraction of sp³-hybridized carbons (Fsp3) is 0.120. The van der Waals surface area contributed by atoms with Crippen LogP contribution < -0.4 is 4.90 Å². The second-order valence-electron chi connectivity index (χ2n) is 13.8. The van der Waals surface area contributed by atoms with Gasteiger partial charge in [0.2, 0.25) is 0 Å². The minimum atomic E-state index is 0.334. The third-order valence-corrected chi connectivity index (χ3v) is 10.8. The first-order chi connectivity index (χ1) is 25.3. The molecule has 0 radical (unpaired) electrons. The minimum absolute atomic E-state index is 0.334. The van der Waals surface area contributed by atoms with Crippen LogP contribution >= 0.6 is 0 Å². The van der Waals surface area contributed by atoms with Crippen molar-refractivity contribution >= 4 is 33.2 Å². The number of benzene rings is 5. The van der Waals surface area contributed by atoms with E-state index in [0.717, 1.165) is 25.7 Å². The Morgan fingerprint density at radius 1 is 0.588 bits per heavy atom. The standard InChI is InChI=1S/C50H41N/c1-4-16-38(17-5-1)49-34-41(30-32-47(49)45-28-14-22-36-20-10-12-26-43(36)45)51(40-24-8-3-9-25-40)42-31-33-48(50(35-42)39-18-6-2-7-19-39)46-29-15-23-37-21-11-13-27-44(37)46/h1-2,4-8,10-30,32,34-36,43H,3,9,31,33H2. The van der Waals surface area contributed by atoms with Gasteiger partial charge in [-0.1, -0.05) is 164 Å². The number of hydrogen-bond donors (Lipinski definition) is 0. The van der Waals surface area contributed by atoms with Crippen molar-refractivity contribution in [1.29, 1.82) is 0 Å². The topological polar surface area (TPSA) is 3.24 Å². The van der Waals surface area contributed by atoms with Gasteiger partial charge in [0.05, 0.1) is 0 Å². The summed E-state index contributed by atoms with van der Waals surface area (Å²) in [5.41, 5.74) is 14.3. The molecule has 4 aliphatic rings. The summed E-state index contributed by atoms with van der Waals surface area (Å²) in [6, 6.07) is 44.6. The van der Waals surface area contributed by atoms with E-state index in [9.17, 15) is 0 Å². The summed E-state index contributed by atoms with van der Waals surface area (Å²) in [6.45, 7) is 0. The molecular weight excluding hydrogens is 615 g/mol. The zero-order valence-corrected chi connectivity index (χ0v) is 28.8. The van der Waals surface area contributed by atoms with Crippen molar-refractivity contribution in [3.63, 3.8) is 0 Å². The summed E-state index contributed by atoms with van der Waals surface area (Å²) in [7, 11) is 0. The summed E-state index contributed by atoms with van der Waals surface area (Å²) in [6.07, 6.45) is 29.6. The number of rotatable bonds is 7. The number of fused-ring (bicyclic) bond motifs is 2. The molecule has 0 saturated heterocycles. The molecule has 0 fully saturated rings. The van der Waals surface area contributed by atoms with Crippen LogP contribution in [0.3, 0.4) is 0 Å². The van der Waals surface area contributed by atoms with Crippen molar-refractivity contribution in [1.82, 2.24) is 0 Å². The molecule has 0 N–H and O–H groups in total. The summed E-state index contributed by atoms with van der Waals surface area (Å²) >= 11 is 0. The normalized spacial score (nSPS) is 19.4. The summed E-state index contributed by atoms with van der Waals surface area (Å²) in [5.74, 6) is 0.722. The highest BCUT2D eigenvalue weighted by Gasteiger charge is 2.28. The number of hydrogen-bond acceptors (Lipinski definition) is 1. The van der Waals surface area contributed by atoms with Gasteiger partial charge < -0.3 is 4.90 Å². The average molecular weight is 656 g/mol. The van der Waals surface area contributed by atoms with Crippen LogP contribution in [0.1, 0.15) is 42.4 Å². The van der Waals surface area contributed by atoms with E-state index >= 15 is 0 Å². The largest absolute Gasteiger partial charge is 0.315 e. The van der Waals surface area contributed by atoms with Crippen LogP contribution in [0.25, 0.3) is 38.6 Å². The molecule has 0 bridgehead atoms. The number of allylic oxidation sites excluding steroid dienone is 15. The average Bonchev–Trinajstić information content (AvgIpc) is 3.21. The van der Waals surface area contributed by atoms with E-state index in [-0.39, 0.29) is 0 Å². The second kappa shape index (κ2) is 13.8. The van der Waals surface area contributed by atoms with Gasteiger partial charge in [0.1, 0.15) is 0 Å². The SMILES string of the molecule is C1=CC2C=CC=C(c3ccc(N(C4=CCCC=C4)C4=CC(c5ccccc5)=C(c5cccc6ccccc56)CC4)cc3-c3ccccc3)C2C=C1. The van der Waals surface area contributed by atoms with Gasteiger partial charge in [-0.2, -0.15) is 0 Å². The fourth-order valence-electron chi connectivity index (χ4n) is 8.35. The first-order valence-corrected chi connectivity index (χ1v) is 18.4. The molecule has 0 saturated carbocycles. The van der Waals surface area contributed by atoms with Crippen LogP contribution in [0.2, 0.25) is 0 Å². The molecule has 2 unspecified atom stereocenters. The first-order valence-electron chi connectivity index (χ1n) is 18.4. The van der Waals surface area contributed by atoms with Crippen molar-refractivity contribution in [2.24, 2.45) is 11.8 Å². The van der Waals surface area contributed by atoms with E-state index in [0.29, 0.717) is 11.8 Å². The van der Waals surface area contributed by atoms with Gasteiger partial charge in [0, 0.05) is 28.9 Å². The Morgan fingerprint density at radius 2 is 1.35 bits per heavy atom. The maximum atomic E-state index is 2.54. The van der Waals surface area contributed by atoms with Gasteiger partial charge in [-0.3, -0.25) is 0 Å². The van der Waals surface area contributed by atoms with Gasteiger partial charge in [0.25, 0.3) is 0 Å². The van der Waals surface area contributed by atoms with Crippen molar-refractivity contribution in [3.05, 3.63) is 216 Å².